The second-order valence-corrected chi connectivity index (χ2v) is 8.19. The summed E-state index contributed by atoms with van der Waals surface area (Å²) < 4.78 is 31.6. The number of rotatable bonds is 7. The zero-order chi connectivity index (χ0) is 16.9. The van der Waals surface area contributed by atoms with Gasteiger partial charge in [0.1, 0.15) is 0 Å². The van der Waals surface area contributed by atoms with Crippen molar-refractivity contribution in [3.63, 3.8) is 0 Å². The lowest BCUT2D eigenvalue weighted by Crippen LogP contribution is -2.50. The molecule has 0 spiro atoms. The molecule has 1 fully saturated rings. The molecular weight excluding hydrogens is 314 g/mol. The molecule has 0 saturated carbocycles. The van der Waals surface area contributed by atoms with Crippen molar-refractivity contribution in [1.82, 2.24) is 14.2 Å². The molecule has 2 heterocycles. The molecule has 1 aliphatic heterocycles. The molecule has 1 aliphatic rings. The van der Waals surface area contributed by atoms with E-state index in [1.807, 2.05) is 32.0 Å². The third-order valence-electron chi connectivity index (χ3n) is 4.12. The average Bonchev–Trinajstić information content (AvgIpc) is 2.54. The van der Waals surface area contributed by atoms with Crippen LogP contribution in [0.3, 0.4) is 0 Å². The van der Waals surface area contributed by atoms with Gasteiger partial charge in [0.05, 0.1) is 24.2 Å². The number of sulfonamides is 1. The molecule has 0 amide bonds. The lowest BCUT2D eigenvalue weighted by Gasteiger charge is -2.37. The molecule has 1 atom stereocenters. The minimum atomic E-state index is -3.23. The van der Waals surface area contributed by atoms with E-state index in [4.69, 9.17) is 4.74 Å². The van der Waals surface area contributed by atoms with Gasteiger partial charge < -0.3 is 4.74 Å². The molecule has 6 nitrogen and oxygen atoms in total. The van der Waals surface area contributed by atoms with Crippen molar-refractivity contribution in [2.75, 3.05) is 38.5 Å². The topological polar surface area (TPSA) is 62.7 Å². The van der Waals surface area contributed by atoms with E-state index in [0.717, 1.165) is 18.8 Å². The standard InChI is InChI=1S/C16H27N3O3S/c1-14(2)22-12-13-23(20,21)19-10-8-18(9-11-19)15(3)16-6-4-5-7-17-16/h4-7,14-15H,8-13H2,1-3H3. The predicted octanol–water partition coefficient (Wildman–Crippen LogP) is 1.51. The minimum absolute atomic E-state index is 0.0565. The van der Waals surface area contributed by atoms with Crippen LogP contribution in [-0.4, -0.2) is 67.2 Å². The van der Waals surface area contributed by atoms with Gasteiger partial charge in [-0.25, -0.2) is 8.42 Å². The van der Waals surface area contributed by atoms with Gasteiger partial charge in [0.2, 0.25) is 10.0 Å². The summed E-state index contributed by atoms with van der Waals surface area (Å²) in [5, 5.41) is 0. The van der Waals surface area contributed by atoms with Gasteiger partial charge in [0, 0.05) is 38.4 Å². The van der Waals surface area contributed by atoms with E-state index in [2.05, 4.69) is 16.8 Å². The van der Waals surface area contributed by atoms with Crippen LogP contribution in [0.15, 0.2) is 24.4 Å². The van der Waals surface area contributed by atoms with Crippen LogP contribution < -0.4 is 0 Å². The molecule has 1 aromatic rings. The summed E-state index contributed by atoms with van der Waals surface area (Å²) in [6, 6.07) is 6.09. The fourth-order valence-electron chi connectivity index (χ4n) is 2.70. The van der Waals surface area contributed by atoms with Crippen molar-refractivity contribution in [2.45, 2.75) is 32.9 Å². The molecule has 0 N–H and O–H groups in total. The molecule has 0 radical (unpaired) electrons. The highest BCUT2D eigenvalue weighted by Gasteiger charge is 2.29. The van der Waals surface area contributed by atoms with Crippen LogP contribution in [0.1, 0.15) is 32.5 Å². The van der Waals surface area contributed by atoms with Crippen molar-refractivity contribution in [3.05, 3.63) is 30.1 Å². The Morgan fingerprint density at radius 3 is 2.43 bits per heavy atom. The normalized spacial score (nSPS) is 19.1. The first-order chi connectivity index (χ1) is 10.9. The lowest BCUT2D eigenvalue weighted by atomic mass is 10.1. The smallest absolute Gasteiger partial charge is 0.216 e. The van der Waals surface area contributed by atoms with Crippen LogP contribution in [0.2, 0.25) is 0 Å². The first-order valence-corrected chi connectivity index (χ1v) is 9.75. The summed E-state index contributed by atoms with van der Waals surface area (Å²) >= 11 is 0. The van der Waals surface area contributed by atoms with Gasteiger partial charge >= 0.3 is 0 Å². The first kappa shape index (κ1) is 18.3. The van der Waals surface area contributed by atoms with Crippen molar-refractivity contribution in [3.8, 4) is 0 Å². The molecule has 0 aromatic carbocycles. The molecule has 23 heavy (non-hydrogen) atoms. The van der Waals surface area contributed by atoms with Crippen LogP contribution in [0.25, 0.3) is 0 Å². The molecule has 0 aliphatic carbocycles. The zero-order valence-electron chi connectivity index (χ0n) is 14.2. The lowest BCUT2D eigenvalue weighted by molar-refractivity contribution is 0.0898. The molecule has 7 heteroatoms. The third-order valence-corrected chi connectivity index (χ3v) is 5.96. The summed E-state index contributed by atoms with van der Waals surface area (Å²) in [6.07, 6.45) is 1.85. The second kappa shape index (κ2) is 8.19. The van der Waals surface area contributed by atoms with E-state index in [0.29, 0.717) is 13.1 Å². The molecule has 0 bridgehead atoms. The Morgan fingerprint density at radius 1 is 1.17 bits per heavy atom. The maximum absolute atomic E-state index is 12.3. The molecular formula is C16H27N3O3S. The molecule has 1 unspecified atom stereocenters. The van der Waals surface area contributed by atoms with E-state index in [-0.39, 0.29) is 24.5 Å². The van der Waals surface area contributed by atoms with Crippen LogP contribution in [0.4, 0.5) is 0 Å². The van der Waals surface area contributed by atoms with E-state index in [9.17, 15) is 8.42 Å². The Hall–Kier alpha value is -1.02. The minimum Gasteiger partial charge on any atom is -0.378 e. The maximum Gasteiger partial charge on any atom is 0.216 e. The fraction of sp³-hybridized carbons (Fsp3) is 0.688. The second-order valence-electron chi connectivity index (χ2n) is 6.10. The number of hydrogen-bond acceptors (Lipinski definition) is 5. The number of aromatic nitrogens is 1. The van der Waals surface area contributed by atoms with Crippen LogP contribution in [0.5, 0.6) is 0 Å². The quantitative estimate of drug-likeness (QED) is 0.752. The zero-order valence-corrected chi connectivity index (χ0v) is 15.0. The number of nitrogens with zero attached hydrogens (tertiary/aromatic N) is 3. The van der Waals surface area contributed by atoms with Gasteiger partial charge in [-0.3, -0.25) is 9.88 Å². The molecule has 2 rings (SSSR count). The fourth-order valence-corrected chi connectivity index (χ4v) is 3.98. The van der Waals surface area contributed by atoms with Crippen LogP contribution in [0, 0.1) is 0 Å². The maximum atomic E-state index is 12.3. The average molecular weight is 341 g/mol. The number of ether oxygens (including phenoxy) is 1. The van der Waals surface area contributed by atoms with E-state index >= 15 is 0 Å². The SMILES string of the molecule is CC(C)OCCS(=O)(=O)N1CCN(C(C)c2ccccn2)CC1. The van der Waals surface area contributed by atoms with Gasteiger partial charge in [-0.15, -0.1) is 0 Å². The Bertz CT molecular complexity index is 569. The predicted molar refractivity (Wildman–Crippen MR) is 90.7 cm³/mol. The third kappa shape index (κ3) is 5.24. The highest BCUT2D eigenvalue weighted by atomic mass is 32.2. The number of pyridine rings is 1. The Balaban J connectivity index is 1.85. The van der Waals surface area contributed by atoms with Crippen molar-refractivity contribution >= 4 is 10.0 Å². The summed E-state index contributed by atoms with van der Waals surface area (Å²) in [5.41, 5.74) is 1.02. The van der Waals surface area contributed by atoms with E-state index < -0.39 is 10.0 Å². The first-order valence-electron chi connectivity index (χ1n) is 8.14. The molecule has 1 saturated heterocycles. The summed E-state index contributed by atoms with van der Waals surface area (Å²) in [5.74, 6) is 0.0565. The van der Waals surface area contributed by atoms with Gasteiger partial charge in [0.25, 0.3) is 0 Å². The summed E-state index contributed by atoms with van der Waals surface area (Å²) in [7, 11) is -3.23. The number of piperazine rings is 1. The Labute approximate surface area is 139 Å². The van der Waals surface area contributed by atoms with Crippen molar-refractivity contribution < 1.29 is 13.2 Å². The van der Waals surface area contributed by atoms with E-state index in [1.165, 1.54) is 0 Å². The monoisotopic (exact) mass is 341 g/mol. The highest BCUT2D eigenvalue weighted by molar-refractivity contribution is 7.89. The van der Waals surface area contributed by atoms with Gasteiger partial charge in [0.15, 0.2) is 0 Å². The Morgan fingerprint density at radius 2 is 1.87 bits per heavy atom. The Kier molecular flexibility index (Phi) is 6.52. The van der Waals surface area contributed by atoms with Gasteiger partial charge in [-0.2, -0.15) is 4.31 Å². The highest BCUT2D eigenvalue weighted by Crippen LogP contribution is 2.20. The molecule has 1 aromatic heterocycles. The van der Waals surface area contributed by atoms with Crippen molar-refractivity contribution in [1.29, 1.82) is 0 Å². The molecule has 130 valence electrons. The summed E-state index contributed by atoms with van der Waals surface area (Å²) in [4.78, 5) is 6.67. The number of hydrogen-bond donors (Lipinski definition) is 0. The van der Waals surface area contributed by atoms with Crippen LogP contribution in [-0.2, 0) is 14.8 Å². The summed E-state index contributed by atoms with van der Waals surface area (Å²) in [6.45, 7) is 8.69. The van der Waals surface area contributed by atoms with Crippen LogP contribution >= 0.6 is 0 Å². The van der Waals surface area contributed by atoms with E-state index in [1.54, 1.807) is 10.5 Å². The van der Waals surface area contributed by atoms with Gasteiger partial charge in [-0.1, -0.05) is 6.07 Å². The van der Waals surface area contributed by atoms with Crippen molar-refractivity contribution in [2.24, 2.45) is 0 Å². The largest absolute Gasteiger partial charge is 0.378 e. The van der Waals surface area contributed by atoms with Gasteiger partial charge in [-0.05, 0) is 32.9 Å².